The van der Waals surface area contributed by atoms with Gasteiger partial charge in [-0.3, -0.25) is 0 Å². The second-order valence-corrected chi connectivity index (χ2v) is 2.95. The Labute approximate surface area is 72.1 Å². The Balaban J connectivity index is 2.06. The van der Waals surface area contributed by atoms with Gasteiger partial charge in [-0.2, -0.15) is 0 Å². The van der Waals surface area contributed by atoms with Crippen molar-refractivity contribution in [2.45, 2.75) is 12.5 Å². The van der Waals surface area contributed by atoms with Crippen molar-refractivity contribution in [1.29, 1.82) is 0 Å². The molecule has 0 bridgehead atoms. The average molecular weight is 177 g/mol. The van der Waals surface area contributed by atoms with Crippen molar-refractivity contribution >= 4 is 11.6 Å². The van der Waals surface area contributed by atoms with Gasteiger partial charge in [0.15, 0.2) is 0 Å². The molecule has 1 unspecified atom stereocenters. The van der Waals surface area contributed by atoms with E-state index in [0.717, 1.165) is 25.2 Å². The van der Waals surface area contributed by atoms with Crippen LogP contribution in [0, 0.1) is 0 Å². The Kier molecular flexibility index (Phi) is 3.91. The summed E-state index contributed by atoms with van der Waals surface area (Å²) in [7, 11) is 0. The fourth-order valence-electron chi connectivity index (χ4n) is 0.919. The lowest BCUT2D eigenvalue weighted by Gasteiger charge is -2.09. The van der Waals surface area contributed by atoms with Crippen molar-refractivity contribution in [3.05, 3.63) is 12.2 Å². The maximum absolute atomic E-state index is 5.53. The van der Waals surface area contributed by atoms with Crippen LogP contribution in [0.2, 0.25) is 0 Å². The molecule has 1 aliphatic rings. The highest BCUT2D eigenvalue weighted by atomic mass is 35.5. The molecule has 0 N–H and O–H groups in total. The molecule has 1 heterocycles. The van der Waals surface area contributed by atoms with E-state index in [1.165, 1.54) is 0 Å². The van der Waals surface area contributed by atoms with Crippen LogP contribution in [0.1, 0.15) is 6.42 Å². The van der Waals surface area contributed by atoms with E-state index in [9.17, 15) is 0 Å². The first-order chi connectivity index (χ1) is 5.33. The SMILES string of the molecule is C=C(CCl)COC1CCOC1. The molecule has 1 atom stereocenters. The van der Waals surface area contributed by atoms with E-state index in [2.05, 4.69) is 6.58 Å². The number of ether oxygens (including phenoxy) is 2. The number of halogens is 1. The summed E-state index contributed by atoms with van der Waals surface area (Å²) in [5, 5.41) is 0. The van der Waals surface area contributed by atoms with Crippen molar-refractivity contribution in [3.63, 3.8) is 0 Å². The van der Waals surface area contributed by atoms with Crippen LogP contribution in [0.4, 0.5) is 0 Å². The van der Waals surface area contributed by atoms with E-state index < -0.39 is 0 Å². The molecule has 1 fully saturated rings. The van der Waals surface area contributed by atoms with Gasteiger partial charge in [0.2, 0.25) is 0 Å². The molecule has 0 aromatic carbocycles. The molecule has 3 heteroatoms. The van der Waals surface area contributed by atoms with Crippen molar-refractivity contribution < 1.29 is 9.47 Å². The van der Waals surface area contributed by atoms with E-state index in [0.29, 0.717) is 12.5 Å². The first-order valence-corrected chi connectivity index (χ1v) is 4.28. The van der Waals surface area contributed by atoms with Crippen LogP contribution in [0.25, 0.3) is 0 Å². The van der Waals surface area contributed by atoms with Gasteiger partial charge in [-0.05, 0) is 12.0 Å². The van der Waals surface area contributed by atoms with Crippen LogP contribution in [0.5, 0.6) is 0 Å². The molecule has 0 saturated carbocycles. The van der Waals surface area contributed by atoms with Gasteiger partial charge < -0.3 is 9.47 Å². The number of hydrogen-bond acceptors (Lipinski definition) is 2. The lowest BCUT2D eigenvalue weighted by Crippen LogP contribution is -2.14. The van der Waals surface area contributed by atoms with E-state index in [1.807, 2.05) is 0 Å². The Morgan fingerprint density at radius 2 is 2.55 bits per heavy atom. The molecule has 0 spiro atoms. The Bertz CT molecular complexity index is 130. The Hall–Kier alpha value is -0.0500. The topological polar surface area (TPSA) is 18.5 Å². The molecule has 0 amide bonds. The molecule has 0 aromatic rings. The van der Waals surface area contributed by atoms with Crippen LogP contribution in [-0.4, -0.2) is 31.8 Å². The van der Waals surface area contributed by atoms with E-state index >= 15 is 0 Å². The van der Waals surface area contributed by atoms with Crippen LogP contribution < -0.4 is 0 Å². The molecule has 64 valence electrons. The van der Waals surface area contributed by atoms with Crippen molar-refractivity contribution in [2.75, 3.05) is 25.7 Å². The maximum Gasteiger partial charge on any atom is 0.0834 e. The molecular weight excluding hydrogens is 164 g/mol. The third-order valence-electron chi connectivity index (χ3n) is 1.60. The van der Waals surface area contributed by atoms with Gasteiger partial charge in [0.1, 0.15) is 0 Å². The van der Waals surface area contributed by atoms with Gasteiger partial charge in [-0.25, -0.2) is 0 Å². The van der Waals surface area contributed by atoms with Gasteiger partial charge in [0.05, 0.1) is 19.3 Å². The van der Waals surface area contributed by atoms with Gasteiger partial charge in [-0.15, -0.1) is 11.6 Å². The minimum absolute atomic E-state index is 0.259. The molecule has 11 heavy (non-hydrogen) atoms. The zero-order valence-electron chi connectivity index (χ0n) is 6.51. The molecule has 0 aliphatic carbocycles. The van der Waals surface area contributed by atoms with E-state index in [-0.39, 0.29) is 6.10 Å². The zero-order chi connectivity index (χ0) is 8.10. The molecule has 1 rings (SSSR count). The summed E-state index contributed by atoms with van der Waals surface area (Å²) in [5.41, 5.74) is 0.929. The molecule has 0 radical (unpaired) electrons. The summed E-state index contributed by atoms with van der Waals surface area (Å²) in [4.78, 5) is 0. The van der Waals surface area contributed by atoms with Crippen LogP contribution >= 0.6 is 11.6 Å². The second-order valence-electron chi connectivity index (χ2n) is 2.68. The zero-order valence-corrected chi connectivity index (χ0v) is 7.27. The summed E-state index contributed by atoms with van der Waals surface area (Å²) in [6.45, 7) is 5.84. The largest absolute Gasteiger partial charge is 0.379 e. The standard InChI is InChI=1S/C8H13ClO2/c1-7(4-9)5-11-8-2-3-10-6-8/h8H,1-6H2. The first-order valence-electron chi connectivity index (χ1n) is 3.75. The molecule has 1 aliphatic heterocycles. The first kappa shape index (κ1) is 9.04. The van der Waals surface area contributed by atoms with Gasteiger partial charge in [0.25, 0.3) is 0 Å². The third kappa shape index (κ3) is 3.23. The minimum atomic E-state index is 0.259. The van der Waals surface area contributed by atoms with Crippen molar-refractivity contribution in [2.24, 2.45) is 0 Å². The predicted molar refractivity (Wildman–Crippen MR) is 45.0 cm³/mol. The van der Waals surface area contributed by atoms with Crippen LogP contribution in [-0.2, 0) is 9.47 Å². The maximum atomic E-state index is 5.53. The van der Waals surface area contributed by atoms with Gasteiger partial charge in [0, 0.05) is 12.5 Å². The average Bonchev–Trinajstić information content (AvgIpc) is 2.52. The van der Waals surface area contributed by atoms with E-state index in [4.69, 9.17) is 21.1 Å². The highest BCUT2D eigenvalue weighted by Crippen LogP contribution is 2.09. The number of hydrogen-bond donors (Lipinski definition) is 0. The Morgan fingerprint density at radius 3 is 3.09 bits per heavy atom. The second kappa shape index (κ2) is 4.75. The molecule has 1 saturated heterocycles. The van der Waals surface area contributed by atoms with Gasteiger partial charge >= 0.3 is 0 Å². The summed E-state index contributed by atoms with van der Waals surface area (Å²) in [5.74, 6) is 0.480. The lowest BCUT2D eigenvalue weighted by atomic mass is 10.3. The fraction of sp³-hybridized carbons (Fsp3) is 0.750. The number of alkyl halides is 1. The van der Waals surface area contributed by atoms with Crippen molar-refractivity contribution in [1.82, 2.24) is 0 Å². The monoisotopic (exact) mass is 176 g/mol. The van der Waals surface area contributed by atoms with Gasteiger partial charge in [-0.1, -0.05) is 6.58 Å². The van der Waals surface area contributed by atoms with Crippen molar-refractivity contribution in [3.8, 4) is 0 Å². The Morgan fingerprint density at radius 1 is 1.73 bits per heavy atom. The van der Waals surface area contributed by atoms with E-state index in [1.54, 1.807) is 0 Å². The van der Waals surface area contributed by atoms with Crippen LogP contribution in [0.15, 0.2) is 12.2 Å². The highest BCUT2D eigenvalue weighted by molar-refractivity contribution is 6.19. The normalized spacial score (nSPS) is 23.9. The molecule has 0 aromatic heterocycles. The molecule has 2 nitrogen and oxygen atoms in total. The minimum Gasteiger partial charge on any atom is -0.379 e. The fourth-order valence-corrected chi connectivity index (χ4v) is 0.996. The summed E-state index contributed by atoms with van der Waals surface area (Å²) in [6, 6.07) is 0. The molecular formula is C8H13ClO2. The lowest BCUT2D eigenvalue weighted by molar-refractivity contribution is 0.0568. The third-order valence-corrected chi connectivity index (χ3v) is 1.98. The quantitative estimate of drug-likeness (QED) is 0.479. The summed E-state index contributed by atoms with van der Waals surface area (Å²) in [6.07, 6.45) is 1.25. The highest BCUT2D eigenvalue weighted by Gasteiger charge is 2.15. The number of rotatable bonds is 4. The summed E-state index contributed by atoms with van der Waals surface area (Å²) < 4.78 is 10.6. The summed E-state index contributed by atoms with van der Waals surface area (Å²) >= 11 is 5.53. The predicted octanol–water partition coefficient (Wildman–Crippen LogP) is 1.59. The smallest absolute Gasteiger partial charge is 0.0834 e. The van der Waals surface area contributed by atoms with Crippen LogP contribution in [0.3, 0.4) is 0 Å².